The lowest BCUT2D eigenvalue weighted by Gasteiger charge is -2.12. The second-order valence-corrected chi connectivity index (χ2v) is 5.92. The Morgan fingerprint density at radius 3 is 2.52 bits per heavy atom. The number of nitro benzene ring substituents is 1. The van der Waals surface area contributed by atoms with Gasteiger partial charge in [-0.1, -0.05) is 28.1 Å². The standard InChI is InChI=1S/C14H11Br2NO4/c15-12-3-1-2-9(7-18)14(12)21-8-10-4-5-11(17(19)20)6-13(10)16/h1-6,18H,7-8H2. The second-order valence-electron chi connectivity index (χ2n) is 4.21. The van der Waals surface area contributed by atoms with Crippen molar-refractivity contribution in [2.75, 3.05) is 0 Å². The van der Waals surface area contributed by atoms with Gasteiger partial charge in [0.25, 0.3) is 5.69 Å². The molecule has 1 N–H and O–H groups in total. The Kier molecular flexibility index (Phi) is 5.33. The number of aliphatic hydroxyl groups is 1. The maximum atomic E-state index is 10.7. The summed E-state index contributed by atoms with van der Waals surface area (Å²) in [4.78, 5) is 10.2. The molecule has 110 valence electrons. The van der Waals surface area contributed by atoms with Gasteiger partial charge in [-0.2, -0.15) is 0 Å². The largest absolute Gasteiger partial charge is 0.487 e. The fourth-order valence-electron chi connectivity index (χ4n) is 1.76. The van der Waals surface area contributed by atoms with E-state index in [0.717, 1.165) is 10.0 Å². The minimum atomic E-state index is -0.451. The molecule has 0 amide bonds. The summed E-state index contributed by atoms with van der Waals surface area (Å²) in [6, 6.07) is 9.90. The Hall–Kier alpha value is -1.44. The predicted molar refractivity (Wildman–Crippen MR) is 85.2 cm³/mol. The van der Waals surface area contributed by atoms with E-state index in [1.807, 2.05) is 12.1 Å². The lowest BCUT2D eigenvalue weighted by Crippen LogP contribution is -2.01. The summed E-state index contributed by atoms with van der Waals surface area (Å²) in [5.41, 5.74) is 1.46. The molecule has 0 bridgehead atoms. The molecule has 0 aromatic heterocycles. The third kappa shape index (κ3) is 3.81. The van der Waals surface area contributed by atoms with Crippen molar-refractivity contribution in [3.8, 4) is 5.75 Å². The molecular formula is C14H11Br2NO4. The van der Waals surface area contributed by atoms with Crippen molar-refractivity contribution < 1.29 is 14.8 Å². The van der Waals surface area contributed by atoms with Gasteiger partial charge in [0.1, 0.15) is 12.4 Å². The normalized spacial score (nSPS) is 10.4. The molecule has 7 heteroatoms. The molecule has 0 aliphatic heterocycles. The van der Waals surface area contributed by atoms with Crippen LogP contribution in [0.2, 0.25) is 0 Å². The van der Waals surface area contributed by atoms with Crippen molar-refractivity contribution >= 4 is 37.5 Å². The number of rotatable bonds is 5. The molecule has 0 unspecified atom stereocenters. The molecule has 0 aliphatic carbocycles. The molecule has 21 heavy (non-hydrogen) atoms. The predicted octanol–water partition coefficient (Wildman–Crippen LogP) is 4.19. The number of hydrogen-bond donors (Lipinski definition) is 1. The number of nitro groups is 1. The first-order chi connectivity index (χ1) is 10.0. The molecule has 5 nitrogen and oxygen atoms in total. The zero-order valence-electron chi connectivity index (χ0n) is 10.8. The Bertz CT molecular complexity index is 676. The molecular weight excluding hydrogens is 406 g/mol. The van der Waals surface area contributed by atoms with Crippen LogP contribution in [-0.4, -0.2) is 10.0 Å². The van der Waals surface area contributed by atoms with Gasteiger partial charge in [-0.05, 0) is 28.1 Å². The first-order valence-electron chi connectivity index (χ1n) is 5.96. The van der Waals surface area contributed by atoms with E-state index in [4.69, 9.17) is 4.74 Å². The van der Waals surface area contributed by atoms with Gasteiger partial charge < -0.3 is 9.84 Å². The molecule has 0 heterocycles. The van der Waals surface area contributed by atoms with E-state index in [-0.39, 0.29) is 18.9 Å². The van der Waals surface area contributed by atoms with E-state index in [2.05, 4.69) is 31.9 Å². The van der Waals surface area contributed by atoms with E-state index >= 15 is 0 Å². The van der Waals surface area contributed by atoms with Crippen LogP contribution in [0.25, 0.3) is 0 Å². The molecule has 0 aliphatic rings. The SMILES string of the molecule is O=[N+]([O-])c1ccc(COc2c(Br)cccc2CO)c(Br)c1. The quantitative estimate of drug-likeness (QED) is 0.585. The lowest BCUT2D eigenvalue weighted by molar-refractivity contribution is -0.384. The molecule has 2 aromatic rings. The van der Waals surface area contributed by atoms with Crippen LogP contribution in [-0.2, 0) is 13.2 Å². The number of halogens is 2. The van der Waals surface area contributed by atoms with Gasteiger partial charge in [0.05, 0.1) is 16.0 Å². The number of nitrogens with zero attached hydrogens (tertiary/aromatic N) is 1. The number of aliphatic hydroxyl groups excluding tert-OH is 1. The molecule has 0 saturated carbocycles. The monoisotopic (exact) mass is 415 g/mol. The van der Waals surface area contributed by atoms with Crippen molar-refractivity contribution in [1.29, 1.82) is 0 Å². The maximum Gasteiger partial charge on any atom is 0.270 e. The Labute approximate surface area is 138 Å². The smallest absolute Gasteiger partial charge is 0.270 e. The van der Waals surface area contributed by atoms with Crippen molar-refractivity contribution in [2.45, 2.75) is 13.2 Å². The van der Waals surface area contributed by atoms with Crippen LogP contribution in [0.4, 0.5) is 5.69 Å². The van der Waals surface area contributed by atoms with Gasteiger partial charge in [0.2, 0.25) is 0 Å². The fourth-order valence-corrected chi connectivity index (χ4v) is 2.76. The Morgan fingerprint density at radius 1 is 1.14 bits per heavy atom. The van der Waals surface area contributed by atoms with Crippen LogP contribution in [0.1, 0.15) is 11.1 Å². The van der Waals surface area contributed by atoms with E-state index in [9.17, 15) is 15.2 Å². The minimum Gasteiger partial charge on any atom is -0.487 e. The lowest BCUT2D eigenvalue weighted by atomic mass is 10.2. The highest BCUT2D eigenvalue weighted by atomic mass is 79.9. The summed E-state index contributed by atoms with van der Waals surface area (Å²) in [7, 11) is 0. The average Bonchev–Trinajstić information content (AvgIpc) is 2.46. The van der Waals surface area contributed by atoms with Crippen molar-refractivity contribution in [3.63, 3.8) is 0 Å². The van der Waals surface area contributed by atoms with Crippen LogP contribution >= 0.6 is 31.9 Å². The molecule has 0 spiro atoms. The summed E-state index contributed by atoms with van der Waals surface area (Å²) < 4.78 is 7.07. The van der Waals surface area contributed by atoms with Gasteiger partial charge in [-0.3, -0.25) is 10.1 Å². The number of hydrogen-bond acceptors (Lipinski definition) is 4. The molecule has 2 aromatic carbocycles. The highest BCUT2D eigenvalue weighted by Gasteiger charge is 2.12. The highest BCUT2D eigenvalue weighted by Crippen LogP contribution is 2.31. The first-order valence-corrected chi connectivity index (χ1v) is 7.55. The van der Waals surface area contributed by atoms with Crippen LogP contribution in [0.5, 0.6) is 5.75 Å². The fraction of sp³-hybridized carbons (Fsp3) is 0.143. The Balaban J connectivity index is 2.19. The number of ether oxygens (including phenoxy) is 1. The summed E-state index contributed by atoms with van der Waals surface area (Å²) in [6.45, 7) is 0.102. The molecule has 2 rings (SSSR count). The van der Waals surface area contributed by atoms with E-state index in [0.29, 0.717) is 15.8 Å². The average molecular weight is 417 g/mol. The number of para-hydroxylation sites is 1. The molecule has 0 atom stereocenters. The second kappa shape index (κ2) is 7.02. The van der Waals surface area contributed by atoms with Crippen LogP contribution < -0.4 is 4.74 Å². The van der Waals surface area contributed by atoms with Crippen LogP contribution in [0.3, 0.4) is 0 Å². The molecule has 0 fully saturated rings. The minimum absolute atomic E-state index is 0.0163. The van der Waals surface area contributed by atoms with E-state index < -0.39 is 4.92 Å². The van der Waals surface area contributed by atoms with Gasteiger partial charge in [-0.25, -0.2) is 0 Å². The summed E-state index contributed by atoms with van der Waals surface area (Å²) in [6.07, 6.45) is 0. The van der Waals surface area contributed by atoms with Gasteiger partial charge in [0, 0.05) is 27.7 Å². The summed E-state index contributed by atoms with van der Waals surface area (Å²) in [5.74, 6) is 0.560. The highest BCUT2D eigenvalue weighted by molar-refractivity contribution is 9.10. The zero-order chi connectivity index (χ0) is 15.4. The zero-order valence-corrected chi connectivity index (χ0v) is 13.9. The number of benzene rings is 2. The maximum absolute atomic E-state index is 10.7. The summed E-state index contributed by atoms with van der Waals surface area (Å²) >= 11 is 6.67. The van der Waals surface area contributed by atoms with Crippen molar-refractivity contribution in [3.05, 3.63) is 66.6 Å². The van der Waals surface area contributed by atoms with E-state index in [1.54, 1.807) is 12.1 Å². The first kappa shape index (κ1) is 15.9. The van der Waals surface area contributed by atoms with Crippen molar-refractivity contribution in [2.24, 2.45) is 0 Å². The van der Waals surface area contributed by atoms with Crippen molar-refractivity contribution in [1.82, 2.24) is 0 Å². The molecule has 0 saturated heterocycles. The van der Waals surface area contributed by atoms with Crippen LogP contribution in [0, 0.1) is 10.1 Å². The number of non-ortho nitro benzene ring substituents is 1. The third-order valence-corrected chi connectivity index (χ3v) is 4.20. The summed E-state index contributed by atoms with van der Waals surface area (Å²) in [5, 5.41) is 20.0. The molecule has 0 radical (unpaired) electrons. The van der Waals surface area contributed by atoms with E-state index in [1.165, 1.54) is 12.1 Å². The third-order valence-electron chi connectivity index (χ3n) is 2.84. The van der Waals surface area contributed by atoms with Gasteiger partial charge >= 0.3 is 0 Å². The van der Waals surface area contributed by atoms with Gasteiger partial charge in [0.15, 0.2) is 0 Å². The Morgan fingerprint density at radius 2 is 1.90 bits per heavy atom. The topological polar surface area (TPSA) is 72.6 Å². The van der Waals surface area contributed by atoms with Crippen LogP contribution in [0.15, 0.2) is 45.3 Å². The van der Waals surface area contributed by atoms with Gasteiger partial charge in [-0.15, -0.1) is 0 Å².